The van der Waals surface area contributed by atoms with Gasteiger partial charge in [0.25, 0.3) is 0 Å². The predicted molar refractivity (Wildman–Crippen MR) is 123 cm³/mol. The van der Waals surface area contributed by atoms with Gasteiger partial charge in [-0.1, -0.05) is 12.1 Å². The minimum absolute atomic E-state index is 0.217. The summed E-state index contributed by atoms with van der Waals surface area (Å²) >= 11 is 0. The monoisotopic (exact) mass is 520 g/mol. The van der Waals surface area contributed by atoms with E-state index in [0.717, 1.165) is 6.08 Å². The molecule has 1 aromatic carbocycles. The van der Waals surface area contributed by atoms with Crippen LogP contribution >= 0.6 is 0 Å². The van der Waals surface area contributed by atoms with Crippen LogP contribution in [0.5, 0.6) is 11.5 Å². The Labute approximate surface area is 211 Å². The van der Waals surface area contributed by atoms with Gasteiger partial charge < -0.3 is 49.2 Å². The van der Waals surface area contributed by atoms with Gasteiger partial charge in [-0.15, -0.1) is 6.58 Å². The molecule has 0 unspecified atom stereocenters. The van der Waals surface area contributed by atoms with Crippen LogP contribution in [-0.2, 0) is 33.3 Å². The van der Waals surface area contributed by atoms with Crippen molar-refractivity contribution >= 4 is 18.0 Å². The Morgan fingerprint density at radius 1 is 1.16 bits per heavy atom. The molecule has 8 atom stereocenters. The molecule has 200 valence electrons. The number of carbonyl (C=O) groups excluding carboxylic acids is 2. The minimum atomic E-state index is -1.68. The number of benzene rings is 1. The van der Waals surface area contributed by atoms with Crippen LogP contribution in [0.3, 0.4) is 0 Å². The Bertz CT molecular complexity index is 1080. The molecule has 3 heterocycles. The number of rotatable bonds is 7. The number of fused-ring (bicyclic) bond motifs is 1. The third-order valence-corrected chi connectivity index (χ3v) is 6.43. The fourth-order valence-electron chi connectivity index (χ4n) is 4.44. The summed E-state index contributed by atoms with van der Waals surface area (Å²) in [5.41, 5.74) is 0.712. The van der Waals surface area contributed by atoms with Crippen molar-refractivity contribution in [3.05, 3.63) is 54.3 Å². The number of aliphatic hydroxyl groups excluding tert-OH is 3. The number of cyclic esters (lactones) is 1. The maximum Gasteiger partial charge on any atom is 0.337 e. The number of hydrogen-bond donors (Lipinski definition) is 5. The first-order valence-corrected chi connectivity index (χ1v) is 11.6. The van der Waals surface area contributed by atoms with Gasteiger partial charge in [-0.25, -0.2) is 9.59 Å². The molecule has 2 fully saturated rings. The molecule has 0 saturated carbocycles. The molecule has 12 nitrogen and oxygen atoms in total. The van der Waals surface area contributed by atoms with Crippen LogP contribution in [0.15, 0.2) is 48.8 Å². The lowest BCUT2D eigenvalue weighted by atomic mass is 9.81. The van der Waals surface area contributed by atoms with Gasteiger partial charge in [0, 0.05) is 17.9 Å². The van der Waals surface area contributed by atoms with E-state index in [1.807, 2.05) is 0 Å². The van der Waals surface area contributed by atoms with E-state index in [9.17, 15) is 35.1 Å². The van der Waals surface area contributed by atoms with Gasteiger partial charge in [-0.3, -0.25) is 0 Å². The van der Waals surface area contributed by atoms with E-state index in [-0.39, 0.29) is 24.0 Å². The molecular weight excluding hydrogens is 492 g/mol. The third kappa shape index (κ3) is 5.63. The van der Waals surface area contributed by atoms with Crippen molar-refractivity contribution < 1.29 is 58.8 Å². The van der Waals surface area contributed by atoms with Gasteiger partial charge in [-0.2, -0.15) is 0 Å². The summed E-state index contributed by atoms with van der Waals surface area (Å²) in [6, 6.07) is 3.89. The van der Waals surface area contributed by atoms with Crippen molar-refractivity contribution in [2.24, 2.45) is 11.8 Å². The van der Waals surface area contributed by atoms with Crippen LogP contribution < -0.4 is 0 Å². The third-order valence-electron chi connectivity index (χ3n) is 6.43. The molecule has 0 radical (unpaired) electrons. The van der Waals surface area contributed by atoms with Crippen LogP contribution in [0.4, 0.5) is 0 Å². The van der Waals surface area contributed by atoms with Gasteiger partial charge >= 0.3 is 11.9 Å². The molecule has 12 heteroatoms. The number of esters is 2. The first-order chi connectivity index (χ1) is 17.7. The largest absolute Gasteiger partial charge is 0.504 e. The fourth-order valence-corrected chi connectivity index (χ4v) is 4.44. The molecule has 3 aliphatic rings. The molecule has 2 saturated heterocycles. The van der Waals surface area contributed by atoms with Crippen molar-refractivity contribution in [3.8, 4) is 11.5 Å². The smallest absolute Gasteiger partial charge is 0.337 e. The first-order valence-electron chi connectivity index (χ1n) is 11.6. The molecule has 0 spiro atoms. The lowest BCUT2D eigenvalue weighted by Gasteiger charge is -2.44. The zero-order valence-corrected chi connectivity index (χ0v) is 19.6. The molecule has 0 aromatic heterocycles. The number of aromatic hydroxyl groups is 2. The van der Waals surface area contributed by atoms with E-state index in [2.05, 4.69) is 6.58 Å². The van der Waals surface area contributed by atoms with Gasteiger partial charge in [0.05, 0.1) is 25.0 Å². The Morgan fingerprint density at radius 2 is 1.95 bits per heavy atom. The summed E-state index contributed by atoms with van der Waals surface area (Å²) in [4.78, 5) is 24.5. The van der Waals surface area contributed by atoms with E-state index >= 15 is 0 Å². The van der Waals surface area contributed by atoms with Crippen LogP contribution in [0.1, 0.15) is 12.0 Å². The zero-order chi connectivity index (χ0) is 26.7. The zero-order valence-electron chi connectivity index (χ0n) is 19.6. The van der Waals surface area contributed by atoms with Crippen LogP contribution in [0.2, 0.25) is 0 Å². The number of phenolic OH excluding ortho intramolecular Hbond substituents is 2. The Kier molecular flexibility index (Phi) is 8.15. The number of phenols is 2. The molecule has 0 aliphatic carbocycles. The average molecular weight is 520 g/mol. The second-order valence-electron chi connectivity index (χ2n) is 8.75. The van der Waals surface area contributed by atoms with Gasteiger partial charge in [0.15, 0.2) is 23.9 Å². The SMILES string of the molecule is C=C[C@H]1[C@H](O[C@@H]2O[C@H](CO)[C@@H](O)[C@H](OC(=O)C=Cc3ccc(O)c(O)c3)[C@H]2O)OC=C2C(=O)OCC[C@H]21. The first kappa shape index (κ1) is 26.6. The number of aliphatic hydroxyl groups is 3. The van der Waals surface area contributed by atoms with Gasteiger partial charge in [-0.05, 0) is 30.2 Å². The van der Waals surface area contributed by atoms with E-state index in [1.54, 1.807) is 6.08 Å². The Balaban J connectivity index is 1.47. The fraction of sp³-hybridized carbons (Fsp3) is 0.440. The van der Waals surface area contributed by atoms with Gasteiger partial charge in [0.2, 0.25) is 6.29 Å². The topological polar surface area (TPSA) is 181 Å². The van der Waals surface area contributed by atoms with Crippen LogP contribution in [0.25, 0.3) is 6.08 Å². The molecule has 0 amide bonds. The van der Waals surface area contributed by atoms with Crippen molar-refractivity contribution in [3.63, 3.8) is 0 Å². The highest BCUT2D eigenvalue weighted by atomic mass is 16.8. The highest BCUT2D eigenvalue weighted by Gasteiger charge is 2.50. The van der Waals surface area contributed by atoms with E-state index in [0.29, 0.717) is 17.6 Å². The van der Waals surface area contributed by atoms with E-state index < -0.39 is 61.5 Å². The average Bonchev–Trinajstić information content (AvgIpc) is 2.88. The standard InChI is InChI=1S/C25H28O12/c1-2-13-14-7-8-33-23(32)15(14)11-34-24(13)37-25-21(31)22(20(30)18(10-26)35-25)36-19(29)6-4-12-3-5-16(27)17(28)9-12/h2-6,9,11,13-14,18,20-22,24-28,30-31H,1,7-8,10H2/t13-,14+,18-,20-,21-,22+,24+,25+/m1/s1. The molecule has 37 heavy (non-hydrogen) atoms. The lowest BCUT2D eigenvalue weighted by Crippen LogP contribution is -2.61. The van der Waals surface area contributed by atoms with Crippen LogP contribution in [-0.4, -0.2) is 87.7 Å². The molecular formula is C25H28O12. The van der Waals surface area contributed by atoms with Gasteiger partial charge in [0.1, 0.15) is 18.3 Å². The number of hydrogen-bond acceptors (Lipinski definition) is 12. The highest BCUT2D eigenvalue weighted by Crippen LogP contribution is 2.39. The van der Waals surface area contributed by atoms with Crippen molar-refractivity contribution in [2.75, 3.05) is 13.2 Å². The second kappa shape index (κ2) is 11.3. The summed E-state index contributed by atoms with van der Waals surface area (Å²) < 4.78 is 27.2. The minimum Gasteiger partial charge on any atom is -0.504 e. The summed E-state index contributed by atoms with van der Waals surface area (Å²) in [6.07, 6.45) is -2.99. The van der Waals surface area contributed by atoms with Crippen molar-refractivity contribution in [1.29, 1.82) is 0 Å². The Hall–Kier alpha value is -3.42. The highest BCUT2D eigenvalue weighted by molar-refractivity contribution is 5.89. The predicted octanol–water partition coefficient (Wildman–Crippen LogP) is 0.0839. The lowest BCUT2D eigenvalue weighted by molar-refractivity contribution is -0.340. The number of ether oxygens (including phenoxy) is 5. The van der Waals surface area contributed by atoms with E-state index in [1.165, 1.54) is 30.5 Å². The molecule has 3 aliphatic heterocycles. The maximum atomic E-state index is 12.4. The summed E-state index contributed by atoms with van der Waals surface area (Å²) in [7, 11) is 0. The van der Waals surface area contributed by atoms with Crippen molar-refractivity contribution in [2.45, 2.75) is 43.4 Å². The van der Waals surface area contributed by atoms with Crippen LogP contribution in [0, 0.1) is 11.8 Å². The summed E-state index contributed by atoms with van der Waals surface area (Å²) in [5, 5.41) is 50.0. The molecule has 1 aromatic rings. The molecule has 0 bridgehead atoms. The normalized spacial score (nSPS) is 33.6. The Morgan fingerprint density at radius 3 is 2.65 bits per heavy atom. The number of carbonyl (C=O) groups is 2. The quantitative estimate of drug-likeness (QED) is 0.142. The summed E-state index contributed by atoms with van der Waals surface area (Å²) in [5.74, 6) is -2.96. The maximum absolute atomic E-state index is 12.4. The molecule has 5 N–H and O–H groups in total. The van der Waals surface area contributed by atoms with E-state index in [4.69, 9.17) is 23.7 Å². The summed E-state index contributed by atoms with van der Waals surface area (Å²) in [6.45, 7) is 3.34. The second-order valence-corrected chi connectivity index (χ2v) is 8.75. The van der Waals surface area contributed by atoms with Crippen molar-refractivity contribution in [1.82, 2.24) is 0 Å². The molecule has 4 rings (SSSR count).